The van der Waals surface area contributed by atoms with Gasteiger partial charge in [-0.25, -0.2) is 0 Å². The highest BCUT2D eigenvalue weighted by atomic mass is 35.5. The summed E-state index contributed by atoms with van der Waals surface area (Å²) >= 11 is 7.01. The lowest BCUT2D eigenvalue weighted by atomic mass is 9.64. The summed E-state index contributed by atoms with van der Waals surface area (Å²) in [5.74, 6) is -8.42. The van der Waals surface area contributed by atoms with Gasteiger partial charge in [0.2, 0.25) is 11.8 Å². The molecule has 10 heteroatoms. The van der Waals surface area contributed by atoms with Crippen molar-refractivity contribution in [3.63, 3.8) is 0 Å². The van der Waals surface area contributed by atoms with Crippen LogP contribution in [0.2, 0.25) is 0 Å². The summed E-state index contributed by atoms with van der Waals surface area (Å²) in [4.78, 5) is 93.6. The van der Waals surface area contributed by atoms with Crippen LogP contribution >= 0.6 is 11.6 Å². The van der Waals surface area contributed by atoms with Crippen molar-refractivity contribution < 1.29 is 38.7 Å². The Morgan fingerprint density at radius 2 is 1.66 bits per heavy atom. The molecule has 2 amide bonds. The van der Waals surface area contributed by atoms with Gasteiger partial charge in [-0.2, -0.15) is 0 Å². The SMILES string of the molecule is C/C=C/C(=O)C1CC(C(=O)C2=C(/C=C/C)C(=O)C3(Cl)C4(CCCCCC)C(=O)NC(=O)C34C2=O)C2C(C)CC(C(=O)O)CC12. The van der Waals surface area contributed by atoms with Crippen LogP contribution in [0.15, 0.2) is 35.5 Å². The normalized spacial score (nSPS) is 39.5. The standard InChI is InChI=1S/C34H40ClNO8/c1-5-8-9-10-13-32-30(43)36-31(44)33(32)28(40)25(19(11-6-2)27(39)34(32,33)35)26(38)22-16-20(23(37)12-7-3)21-15-18(29(41)42)14-17(4)24(21)22/h6-7,11-12,17-18,20-22,24H,5,8-10,13-16H2,1-4H3,(H,41,42)(H,36,43,44)/b11-6+,12-7+. The maximum atomic E-state index is 14.7. The third-order valence-corrected chi connectivity index (χ3v) is 12.0. The highest BCUT2D eigenvalue weighted by Gasteiger charge is 3.02. The first-order chi connectivity index (χ1) is 20.8. The molecule has 0 aromatic heterocycles. The second kappa shape index (κ2) is 11.3. The lowest BCUT2D eigenvalue weighted by molar-refractivity contribution is -0.145. The number of piperidine rings is 1. The molecule has 4 aliphatic carbocycles. The molecule has 3 saturated carbocycles. The van der Waals surface area contributed by atoms with Gasteiger partial charge in [-0.3, -0.25) is 38.9 Å². The molecule has 9 unspecified atom stereocenters. The number of carbonyl (C=O) groups excluding carboxylic acids is 6. The van der Waals surface area contributed by atoms with Gasteiger partial charge in [-0.05, 0) is 63.4 Å². The van der Waals surface area contributed by atoms with E-state index >= 15 is 0 Å². The quantitative estimate of drug-likeness (QED) is 0.0860. The second-order valence-corrected chi connectivity index (χ2v) is 13.9. The largest absolute Gasteiger partial charge is 0.481 e. The van der Waals surface area contributed by atoms with Gasteiger partial charge in [-0.1, -0.05) is 57.8 Å². The molecule has 44 heavy (non-hydrogen) atoms. The molecule has 1 saturated heterocycles. The number of aliphatic carboxylic acids is 1. The Labute approximate surface area is 261 Å². The fourth-order valence-corrected chi connectivity index (χ4v) is 10.2. The topological polar surface area (TPSA) is 152 Å². The molecular formula is C34H40ClNO8. The van der Waals surface area contributed by atoms with Gasteiger partial charge in [0, 0.05) is 17.4 Å². The number of alkyl halides is 1. The third kappa shape index (κ3) is 3.93. The van der Waals surface area contributed by atoms with Crippen molar-refractivity contribution in [3.05, 3.63) is 35.5 Å². The molecule has 1 spiro atoms. The van der Waals surface area contributed by atoms with Crippen molar-refractivity contribution in [2.24, 2.45) is 46.3 Å². The third-order valence-electron chi connectivity index (χ3n) is 11.3. The molecule has 236 valence electrons. The number of halogens is 1. The molecule has 0 radical (unpaired) electrons. The van der Waals surface area contributed by atoms with Gasteiger partial charge in [-0.15, -0.1) is 11.6 Å². The van der Waals surface area contributed by atoms with Crippen LogP contribution in [-0.2, 0) is 33.6 Å². The predicted octanol–water partition coefficient (Wildman–Crippen LogP) is 4.32. The maximum Gasteiger partial charge on any atom is 0.306 e. The number of carboxylic acids is 1. The molecular weight excluding hydrogens is 586 g/mol. The lowest BCUT2D eigenvalue weighted by Gasteiger charge is -2.39. The first kappa shape index (κ1) is 32.2. The van der Waals surface area contributed by atoms with Gasteiger partial charge < -0.3 is 5.11 Å². The molecule has 2 N–H and O–H groups in total. The van der Waals surface area contributed by atoms with Gasteiger partial charge in [0.05, 0.1) is 11.5 Å². The summed E-state index contributed by atoms with van der Waals surface area (Å²) in [5, 5.41) is 12.1. The van der Waals surface area contributed by atoms with Gasteiger partial charge in [0.1, 0.15) is 10.3 Å². The first-order valence-corrected chi connectivity index (χ1v) is 16.2. The van der Waals surface area contributed by atoms with E-state index < -0.39 is 86.0 Å². The van der Waals surface area contributed by atoms with E-state index in [0.29, 0.717) is 19.3 Å². The van der Waals surface area contributed by atoms with Crippen molar-refractivity contribution in [3.8, 4) is 0 Å². The monoisotopic (exact) mass is 625 g/mol. The Kier molecular flexibility index (Phi) is 8.27. The number of hydrogen-bond acceptors (Lipinski definition) is 7. The van der Waals surface area contributed by atoms with Crippen LogP contribution in [-0.4, -0.2) is 50.9 Å². The van der Waals surface area contributed by atoms with Crippen molar-refractivity contribution >= 4 is 52.5 Å². The van der Waals surface area contributed by atoms with E-state index in [9.17, 15) is 38.7 Å². The molecule has 1 aliphatic heterocycles. The Bertz CT molecular complexity index is 1460. The number of imide groups is 1. The van der Waals surface area contributed by atoms with Gasteiger partial charge >= 0.3 is 5.97 Å². The number of allylic oxidation sites excluding steroid dienone is 6. The minimum Gasteiger partial charge on any atom is -0.481 e. The Morgan fingerprint density at radius 3 is 2.27 bits per heavy atom. The lowest BCUT2D eigenvalue weighted by Crippen LogP contribution is -2.50. The fourth-order valence-electron chi connectivity index (χ4n) is 9.48. The smallest absolute Gasteiger partial charge is 0.306 e. The van der Waals surface area contributed by atoms with E-state index in [1.54, 1.807) is 19.9 Å². The van der Waals surface area contributed by atoms with Crippen molar-refractivity contribution in [2.45, 2.75) is 83.9 Å². The predicted molar refractivity (Wildman–Crippen MR) is 160 cm³/mol. The number of nitrogens with one attached hydrogen (secondary N) is 1. The van der Waals surface area contributed by atoms with E-state index in [1.165, 1.54) is 18.2 Å². The minimum atomic E-state index is -2.21. The number of hydrogen-bond donors (Lipinski definition) is 2. The molecule has 9 nitrogen and oxygen atoms in total. The number of amides is 2. The first-order valence-electron chi connectivity index (χ1n) is 15.8. The van der Waals surface area contributed by atoms with Crippen molar-refractivity contribution in [1.29, 1.82) is 0 Å². The summed E-state index contributed by atoms with van der Waals surface area (Å²) in [6.07, 6.45) is 9.53. The van der Waals surface area contributed by atoms with E-state index in [1.807, 2.05) is 13.8 Å². The number of carboxylic acid groups (broad SMARTS) is 1. The van der Waals surface area contributed by atoms with E-state index in [0.717, 1.165) is 12.8 Å². The Morgan fingerprint density at radius 1 is 0.955 bits per heavy atom. The molecule has 0 aromatic carbocycles. The molecule has 1 heterocycles. The van der Waals surface area contributed by atoms with Crippen LogP contribution in [0.5, 0.6) is 0 Å². The summed E-state index contributed by atoms with van der Waals surface area (Å²) in [6, 6.07) is 0. The number of rotatable bonds is 11. The average Bonchev–Trinajstić information content (AvgIpc) is 3.16. The number of fused-ring (bicyclic) bond motifs is 2. The molecule has 9 atom stereocenters. The van der Waals surface area contributed by atoms with Crippen molar-refractivity contribution in [1.82, 2.24) is 5.32 Å². The fraction of sp³-hybridized carbons (Fsp3) is 0.618. The van der Waals surface area contributed by atoms with Crippen LogP contribution in [0.1, 0.15) is 79.1 Å². The Balaban J connectivity index is 1.60. The zero-order valence-electron chi connectivity index (χ0n) is 25.6. The van der Waals surface area contributed by atoms with Crippen LogP contribution in [0, 0.1) is 46.3 Å². The van der Waals surface area contributed by atoms with Gasteiger partial charge in [0.15, 0.2) is 28.5 Å². The summed E-state index contributed by atoms with van der Waals surface area (Å²) < 4.78 is 0. The molecule has 5 rings (SSSR count). The zero-order valence-corrected chi connectivity index (χ0v) is 26.4. The van der Waals surface area contributed by atoms with Crippen molar-refractivity contribution in [2.75, 3.05) is 0 Å². The number of ketones is 4. The van der Waals surface area contributed by atoms with E-state index in [4.69, 9.17) is 11.6 Å². The number of unbranched alkanes of at least 4 members (excludes halogenated alkanes) is 3. The van der Waals surface area contributed by atoms with Crippen LogP contribution in [0.4, 0.5) is 0 Å². The number of carbonyl (C=O) groups is 7. The van der Waals surface area contributed by atoms with E-state index in [-0.39, 0.29) is 36.5 Å². The Hall–Kier alpha value is -3.20. The van der Waals surface area contributed by atoms with Crippen LogP contribution in [0.3, 0.4) is 0 Å². The molecule has 4 fully saturated rings. The highest BCUT2D eigenvalue weighted by Crippen LogP contribution is 2.83. The summed E-state index contributed by atoms with van der Waals surface area (Å²) in [5.41, 5.74) is -4.63. The summed E-state index contributed by atoms with van der Waals surface area (Å²) in [7, 11) is 0. The molecule has 0 bridgehead atoms. The molecule has 5 aliphatic rings. The number of Topliss-reactive ketones (excluding diaryl/α,β-unsaturated/α-hetero) is 3. The zero-order chi connectivity index (χ0) is 32.4. The highest BCUT2D eigenvalue weighted by molar-refractivity contribution is 6.58. The average molecular weight is 626 g/mol. The van der Waals surface area contributed by atoms with Crippen LogP contribution < -0.4 is 5.32 Å². The maximum absolute atomic E-state index is 14.7. The van der Waals surface area contributed by atoms with Crippen LogP contribution in [0.25, 0.3) is 0 Å². The summed E-state index contributed by atoms with van der Waals surface area (Å²) in [6.45, 7) is 7.20. The molecule has 0 aromatic rings. The van der Waals surface area contributed by atoms with E-state index in [2.05, 4.69) is 5.32 Å². The second-order valence-electron chi connectivity index (χ2n) is 13.3. The van der Waals surface area contributed by atoms with Gasteiger partial charge in [0.25, 0.3) is 0 Å². The minimum absolute atomic E-state index is 0.0534.